The van der Waals surface area contributed by atoms with Gasteiger partial charge in [-0.05, 0) is 12.8 Å². The molecule has 1 heterocycles. The average molecular weight is 341 g/mol. The van der Waals surface area contributed by atoms with Crippen LogP contribution in [0.4, 0.5) is 0 Å². The number of ether oxygens (including phenoxy) is 1. The van der Waals surface area contributed by atoms with Crippen LogP contribution in [0.3, 0.4) is 0 Å². The Labute approximate surface area is 105 Å². The second-order valence-electron chi connectivity index (χ2n) is 1.32. The number of hydrogen-bond acceptors (Lipinski definition) is 1. The van der Waals surface area contributed by atoms with Gasteiger partial charge in [0.2, 0.25) is 0 Å². The molecule has 0 N–H and O–H groups in total. The molecule has 0 amide bonds. The smallest absolute Gasteiger partial charge is 1.00 e. The van der Waals surface area contributed by atoms with Gasteiger partial charge in [-0.3, -0.25) is 0 Å². The zero-order valence-corrected chi connectivity index (χ0v) is 8.98. The maximum absolute atomic E-state index is 4.94. The molecule has 1 aliphatic rings. The van der Waals surface area contributed by atoms with Gasteiger partial charge >= 0.3 is 38.2 Å². The Kier molecular flexibility index (Phi) is 41.4. The van der Waals surface area contributed by atoms with E-state index in [1.807, 2.05) is 0 Å². The summed E-state index contributed by atoms with van der Waals surface area (Å²) < 4.78 is 4.94. The molecular formula is C4H8Cl3DyO. The standard InChI is InChI=1S/C4H8O.3ClH.Dy/c1-2-4-5-3-1;;;;/h1-4H2;3*1H;/q;;;;+3/p-3. The fraction of sp³-hybridized carbons (Fsp3) is 1.00. The third kappa shape index (κ3) is 13.1. The summed E-state index contributed by atoms with van der Waals surface area (Å²) in [4.78, 5) is 0. The van der Waals surface area contributed by atoms with E-state index in [9.17, 15) is 0 Å². The molecule has 1 saturated heterocycles. The van der Waals surface area contributed by atoms with Crippen LogP contribution in [0.2, 0.25) is 0 Å². The van der Waals surface area contributed by atoms with Crippen molar-refractivity contribution in [1.29, 1.82) is 0 Å². The Balaban J connectivity index is -0.0000000312. The molecular weight excluding hydrogens is 333 g/mol. The molecule has 0 aromatic rings. The molecule has 1 nitrogen and oxygen atoms in total. The molecule has 0 atom stereocenters. The van der Waals surface area contributed by atoms with Crippen LogP contribution in [0.15, 0.2) is 0 Å². The zero-order valence-electron chi connectivity index (χ0n) is 4.69. The van der Waals surface area contributed by atoms with Gasteiger partial charge in [-0.15, -0.1) is 0 Å². The number of rotatable bonds is 0. The molecule has 61 valence electrons. The molecule has 0 aliphatic carbocycles. The van der Waals surface area contributed by atoms with E-state index in [0.717, 1.165) is 13.2 Å². The zero-order chi connectivity index (χ0) is 3.54. The van der Waals surface area contributed by atoms with Crippen LogP contribution in [0.1, 0.15) is 12.8 Å². The molecule has 1 radical (unpaired) electrons. The van der Waals surface area contributed by atoms with Crippen molar-refractivity contribution < 1.29 is 80.1 Å². The Hall–Kier alpha value is 2.10. The van der Waals surface area contributed by atoms with E-state index >= 15 is 0 Å². The second-order valence-corrected chi connectivity index (χ2v) is 1.32. The van der Waals surface area contributed by atoms with Crippen molar-refractivity contribution in [3.63, 3.8) is 0 Å². The minimum atomic E-state index is 0. The monoisotopic (exact) mass is 341 g/mol. The predicted octanol–water partition coefficient (Wildman–Crippen LogP) is -8.19. The Bertz CT molecular complexity index is 27.4. The van der Waals surface area contributed by atoms with Gasteiger partial charge in [0.15, 0.2) is 0 Å². The first-order chi connectivity index (χ1) is 2.50. The molecule has 5 heteroatoms. The van der Waals surface area contributed by atoms with Crippen LogP contribution in [0.5, 0.6) is 0 Å². The van der Waals surface area contributed by atoms with E-state index in [4.69, 9.17) is 4.74 Å². The normalized spacial score (nSPS) is 13.3. The van der Waals surface area contributed by atoms with Crippen molar-refractivity contribution in [2.24, 2.45) is 0 Å². The van der Waals surface area contributed by atoms with Crippen LogP contribution >= 0.6 is 0 Å². The molecule has 0 bridgehead atoms. The van der Waals surface area contributed by atoms with Gasteiger partial charge in [0.1, 0.15) is 0 Å². The van der Waals surface area contributed by atoms with E-state index in [-0.39, 0.29) is 75.4 Å². The first-order valence-electron chi connectivity index (χ1n) is 2.08. The van der Waals surface area contributed by atoms with E-state index in [0.29, 0.717) is 0 Å². The van der Waals surface area contributed by atoms with Gasteiger partial charge in [-0.25, -0.2) is 0 Å². The third-order valence-electron chi connectivity index (χ3n) is 0.827. The molecule has 0 aromatic heterocycles. The van der Waals surface area contributed by atoms with Gasteiger partial charge < -0.3 is 42.0 Å². The minimum absolute atomic E-state index is 0. The summed E-state index contributed by atoms with van der Waals surface area (Å²) in [6, 6.07) is 0. The van der Waals surface area contributed by atoms with Crippen LogP contribution in [0.25, 0.3) is 0 Å². The fourth-order valence-electron chi connectivity index (χ4n) is 0.510. The topological polar surface area (TPSA) is 9.23 Å². The van der Waals surface area contributed by atoms with Crippen LogP contribution in [0, 0.1) is 38.2 Å². The summed E-state index contributed by atoms with van der Waals surface area (Å²) in [6.07, 6.45) is 2.56. The first kappa shape index (κ1) is 22.5. The summed E-state index contributed by atoms with van der Waals surface area (Å²) in [5.74, 6) is 0. The second kappa shape index (κ2) is 16.6. The summed E-state index contributed by atoms with van der Waals surface area (Å²) in [5.41, 5.74) is 0. The molecule has 0 unspecified atom stereocenters. The molecule has 1 rings (SSSR count). The molecule has 1 aliphatic heterocycles. The average Bonchev–Trinajstić information content (AvgIpc) is 1.76. The fourth-order valence-corrected chi connectivity index (χ4v) is 0.510. The summed E-state index contributed by atoms with van der Waals surface area (Å²) in [7, 11) is 0. The van der Waals surface area contributed by atoms with Gasteiger partial charge in [0.05, 0.1) is 0 Å². The van der Waals surface area contributed by atoms with Crippen molar-refractivity contribution in [2.75, 3.05) is 13.2 Å². The third-order valence-corrected chi connectivity index (χ3v) is 0.827. The largest absolute Gasteiger partial charge is 3.00 e. The quantitative estimate of drug-likeness (QED) is 0.426. The van der Waals surface area contributed by atoms with Crippen molar-refractivity contribution in [2.45, 2.75) is 12.8 Å². The van der Waals surface area contributed by atoms with E-state index < -0.39 is 0 Å². The van der Waals surface area contributed by atoms with Crippen molar-refractivity contribution in [3.8, 4) is 0 Å². The van der Waals surface area contributed by atoms with E-state index in [1.54, 1.807) is 0 Å². The summed E-state index contributed by atoms with van der Waals surface area (Å²) >= 11 is 0. The molecule has 9 heavy (non-hydrogen) atoms. The predicted molar refractivity (Wildman–Crippen MR) is 20.1 cm³/mol. The van der Waals surface area contributed by atoms with Crippen LogP contribution < -0.4 is 37.2 Å². The summed E-state index contributed by atoms with van der Waals surface area (Å²) in [6.45, 7) is 2.00. The maximum Gasteiger partial charge on any atom is 3.00 e. The van der Waals surface area contributed by atoms with Gasteiger partial charge in [-0.1, -0.05) is 0 Å². The van der Waals surface area contributed by atoms with Gasteiger partial charge in [-0.2, -0.15) is 0 Å². The Morgan fingerprint density at radius 2 is 1.11 bits per heavy atom. The van der Waals surface area contributed by atoms with E-state index in [2.05, 4.69) is 0 Å². The van der Waals surface area contributed by atoms with Crippen molar-refractivity contribution in [1.82, 2.24) is 0 Å². The van der Waals surface area contributed by atoms with Gasteiger partial charge in [0.25, 0.3) is 0 Å². The van der Waals surface area contributed by atoms with Crippen molar-refractivity contribution >= 4 is 0 Å². The molecule has 1 fully saturated rings. The molecule has 0 spiro atoms. The Morgan fingerprint density at radius 3 is 1.22 bits per heavy atom. The number of halogens is 3. The van der Waals surface area contributed by atoms with Gasteiger partial charge in [0, 0.05) is 13.2 Å². The molecule has 0 aromatic carbocycles. The minimum Gasteiger partial charge on any atom is -1.00 e. The van der Waals surface area contributed by atoms with Crippen molar-refractivity contribution in [3.05, 3.63) is 0 Å². The summed E-state index contributed by atoms with van der Waals surface area (Å²) in [5, 5.41) is 0. The molecule has 0 saturated carbocycles. The Morgan fingerprint density at radius 1 is 0.778 bits per heavy atom. The SMILES string of the molecule is C1CCOC1.[Cl-].[Cl-].[Cl-].[Dy+3]. The van der Waals surface area contributed by atoms with Crippen LogP contribution in [-0.2, 0) is 4.74 Å². The maximum atomic E-state index is 4.94. The first-order valence-corrected chi connectivity index (χ1v) is 2.08. The van der Waals surface area contributed by atoms with Crippen LogP contribution in [-0.4, -0.2) is 13.2 Å². The van der Waals surface area contributed by atoms with E-state index in [1.165, 1.54) is 12.8 Å². The number of hydrogen-bond donors (Lipinski definition) is 0.